The van der Waals surface area contributed by atoms with Gasteiger partial charge in [0.25, 0.3) is 0 Å². The van der Waals surface area contributed by atoms with Crippen LogP contribution >= 0.6 is 0 Å². The fourth-order valence-corrected chi connectivity index (χ4v) is 1.68. The maximum atomic E-state index is 9.55. The molecule has 1 aliphatic heterocycles. The molecule has 1 rings (SSSR count). The van der Waals surface area contributed by atoms with Crippen molar-refractivity contribution in [2.24, 2.45) is 11.3 Å². The molecule has 0 aliphatic carbocycles. The molecule has 0 aromatic carbocycles. The maximum Gasteiger partial charge on any atom is 0.0716 e. The minimum atomic E-state index is -0.155. The van der Waals surface area contributed by atoms with Crippen LogP contribution in [0.1, 0.15) is 27.2 Å². The second-order valence-electron chi connectivity index (χ2n) is 5.50. The van der Waals surface area contributed by atoms with Crippen LogP contribution in [0.25, 0.3) is 0 Å². The highest BCUT2D eigenvalue weighted by atomic mass is 16.3. The van der Waals surface area contributed by atoms with E-state index in [4.69, 9.17) is 0 Å². The van der Waals surface area contributed by atoms with Crippen LogP contribution in [0.15, 0.2) is 0 Å². The number of hydrogen-bond acceptors (Lipinski definition) is 3. The van der Waals surface area contributed by atoms with Gasteiger partial charge in [-0.15, -0.1) is 0 Å². The lowest BCUT2D eigenvalue weighted by Crippen LogP contribution is -2.32. The highest BCUT2D eigenvalue weighted by molar-refractivity contribution is 4.81. The highest BCUT2D eigenvalue weighted by Gasteiger charge is 2.24. The molecule has 1 saturated heterocycles. The molecule has 0 spiro atoms. The van der Waals surface area contributed by atoms with E-state index >= 15 is 0 Å². The summed E-state index contributed by atoms with van der Waals surface area (Å²) in [6, 6.07) is 0. The van der Waals surface area contributed by atoms with Crippen LogP contribution in [0, 0.1) is 11.3 Å². The molecule has 3 N–H and O–H groups in total. The molecule has 1 aliphatic rings. The van der Waals surface area contributed by atoms with E-state index in [1.807, 2.05) is 0 Å². The lowest BCUT2D eigenvalue weighted by Gasteiger charge is -2.19. The van der Waals surface area contributed by atoms with Gasteiger partial charge in [0, 0.05) is 25.6 Å². The van der Waals surface area contributed by atoms with Gasteiger partial charge in [0.1, 0.15) is 0 Å². The molecule has 0 amide bonds. The van der Waals surface area contributed by atoms with E-state index in [2.05, 4.69) is 31.4 Å². The van der Waals surface area contributed by atoms with Crippen LogP contribution in [0.2, 0.25) is 0 Å². The van der Waals surface area contributed by atoms with Crippen molar-refractivity contribution in [2.45, 2.75) is 33.3 Å². The molecule has 2 atom stereocenters. The van der Waals surface area contributed by atoms with Crippen LogP contribution in [0.3, 0.4) is 0 Å². The summed E-state index contributed by atoms with van der Waals surface area (Å²) in [4.78, 5) is 0. The Morgan fingerprint density at radius 3 is 2.57 bits per heavy atom. The van der Waals surface area contributed by atoms with Gasteiger partial charge in [-0.1, -0.05) is 20.8 Å². The zero-order valence-electron chi connectivity index (χ0n) is 9.64. The quantitative estimate of drug-likeness (QED) is 0.582. The average molecular weight is 200 g/mol. The largest absolute Gasteiger partial charge is 0.391 e. The van der Waals surface area contributed by atoms with Gasteiger partial charge < -0.3 is 15.7 Å². The first kappa shape index (κ1) is 12.0. The lowest BCUT2D eigenvalue weighted by molar-refractivity contribution is 0.146. The summed E-state index contributed by atoms with van der Waals surface area (Å²) < 4.78 is 0. The first-order valence-electron chi connectivity index (χ1n) is 5.58. The Labute approximate surface area is 87.3 Å². The molecule has 0 aromatic heterocycles. The third kappa shape index (κ3) is 4.40. The predicted octanol–water partition coefficient (Wildman–Crippen LogP) is 0.593. The topological polar surface area (TPSA) is 44.3 Å². The molecular weight excluding hydrogens is 176 g/mol. The zero-order valence-corrected chi connectivity index (χ0v) is 9.64. The van der Waals surface area contributed by atoms with Gasteiger partial charge >= 0.3 is 0 Å². The van der Waals surface area contributed by atoms with Crippen molar-refractivity contribution < 1.29 is 5.11 Å². The first-order valence-corrected chi connectivity index (χ1v) is 5.58. The van der Waals surface area contributed by atoms with Gasteiger partial charge in [-0.25, -0.2) is 0 Å². The van der Waals surface area contributed by atoms with Crippen LogP contribution in [-0.4, -0.2) is 37.4 Å². The van der Waals surface area contributed by atoms with Gasteiger partial charge in [-0.05, 0) is 18.4 Å². The molecule has 14 heavy (non-hydrogen) atoms. The molecule has 0 radical (unpaired) electrons. The van der Waals surface area contributed by atoms with Crippen molar-refractivity contribution in [3.05, 3.63) is 0 Å². The molecule has 1 fully saturated rings. The molecule has 0 saturated carbocycles. The first-order chi connectivity index (χ1) is 6.49. The van der Waals surface area contributed by atoms with E-state index in [0.717, 1.165) is 26.2 Å². The second-order valence-corrected chi connectivity index (χ2v) is 5.50. The van der Waals surface area contributed by atoms with E-state index in [9.17, 15) is 5.11 Å². The summed E-state index contributed by atoms with van der Waals surface area (Å²) in [5.41, 5.74) is 0.402. The summed E-state index contributed by atoms with van der Waals surface area (Å²) in [6.07, 6.45) is 1.03. The van der Waals surface area contributed by atoms with Crippen LogP contribution < -0.4 is 10.6 Å². The summed E-state index contributed by atoms with van der Waals surface area (Å²) in [6.45, 7) is 10.4. The van der Waals surface area contributed by atoms with Crippen molar-refractivity contribution in [2.75, 3.05) is 26.2 Å². The Morgan fingerprint density at radius 2 is 2.07 bits per heavy atom. The van der Waals surface area contributed by atoms with E-state index < -0.39 is 0 Å². The predicted molar refractivity (Wildman–Crippen MR) is 59.3 cm³/mol. The number of aliphatic hydroxyl groups excluding tert-OH is 1. The van der Waals surface area contributed by atoms with Gasteiger partial charge in [-0.2, -0.15) is 0 Å². The summed E-state index contributed by atoms with van der Waals surface area (Å²) in [5, 5.41) is 16.1. The SMILES string of the molecule is CC(C)(C)CCNCC1CNCC1O. The van der Waals surface area contributed by atoms with Crippen LogP contribution in [0.4, 0.5) is 0 Å². The molecule has 0 aromatic rings. The summed E-state index contributed by atoms with van der Waals surface area (Å²) in [5.74, 6) is 0.398. The Hall–Kier alpha value is -0.120. The zero-order chi connectivity index (χ0) is 10.6. The minimum Gasteiger partial charge on any atom is -0.391 e. The molecule has 2 unspecified atom stereocenters. The van der Waals surface area contributed by atoms with Gasteiger partial charge in [0.15, 0.2) is 0 Å². The molecule has 3 heteroatoms. The minimum absolute atomic E-state index is 0.155. The van der Waals surface area contributed by atoms with Crippen molar-refractivity contribution >= 4 is 0 Å². The van der Waals surface area contributed by atoms with E-state index in [1.165, 1.54) is 6.42 Å². The van der Waals surface area contributed by atoms with E-state index in [-0.39, 0.29) is 6.10 Å². The number of aliphatic hydroxyl groups is 1. The molecule has 0 bridgehead atoms. The van der Waals surface area contributed by atoms with Crippen molar-refractivity contribution in [1.29, 1.82) is 0 Å². The fraction of sp³-hybridized carbons (Fsp3) is 1.00. The molecule has 3 nitrogen and oxygen atoms in total. The van der Waals surface area contributed by atoms with Crippen LogP contribution in [-0.2, 0) is 0 Å². The fourth-order valence-electron chi connectivity index (χ4n) is 1.68. The Kier molecular flexibility index (Phi) is 4.35. The second kappa shape index (κ2) is 5.10. The van der Waals surface area contributed by atoms with Crippen molar-refractivity contribution in [3.63, 3.8) is 0 Å². The Bertz CT molecular complexity index is 165. The van der Waals surface area contributed by atoms with Gasteiger partial charge in [0.2, 0.25) is 0 Å². The Balaban J connectivity index is 2.04. The standard InChI is InChI=1S/C11H24N2O/c1-11(2,3)4-5-12-6-9-7-13-8-10(9)14/h9-10,12-14H,4-8H2,1-3H3. The molecular formula is C11H24N2O. The van der Waals surface area contributed by atoms with Crippen molar-refractivity contribution in [3.8, 4) is 0 Å². The number of nitrogens with one attached hydrogen (secondary N) is 2. The number of β-amino-alcohol motifs (C(OH)–C–C–N with tert-alkyl or cyclic N) is 1. The van der Waals surface area contributed by atoms with Gasteiger partial charge in [-0.3, -0.25) is 0 Å². The maximum absolute atomic E-state index is 9.55. The van der Waals surface area contributed by atoms with Gasteiger partial charge in [0.05, 0.1) is 6.10 Å². The average Bonchev–Trinajstić information content (AvgIpc) is 2.44. The van der Waals surface area contributed by atoms with Crippen LogP contribution in [0.5, 0.6) is 0 Å². The summed E-state index contributed by atoms with van der Waals surface area (Å²) >= 11 is 0. The number of rotatable bonds is 4. The normalized spacial score (nSPS) is 28.3. The van der Waals surface area contributed by atoms with E-state index in [1.54, 1.807) is 0 Å². The Morgan fingerprint density at radius 1 is 1.36 bits per heavy atom. The molecule has 1 heterocycles. The third-order valence-corrected chi connectivity index (χ3v) is 2.76. The monoisotopic (exact) mass is 200 g/mol. The summed E-state index contributed by atoms with van der Waals surface area (Å²) in [7, 11) is 0. The smallest absolute Gasteiger partial charge is 0.0716 e. The molecule has 84 valence electrons. The highest BCUT2D eigenvalue weighted by Crippen LogP contribution is 2.17. The third-order valence-electron chi connectivity index (χ3n) is 2.76. The van der Waals surface area contributed by atoms with E-state index in [0.29, 0.717) is 11.3 Å². The van der Waals surface area contributed by atoms with Crippen molar-refractivity contribution in [1.82, 2.24) is 10.6 Å². The lowest BCUT2D eigenvalue weighted by atomic mass is 9.92. The number of hydrogen-bond donors (Lipinski definition) is 3.